The Labute approximate surface area is 53.9 Å². The fourth-order valence-electron chi connectivity index (χ4n) is 0.566. The average Bonchev–Trinajstić information content (AvgIpc) is 2.14. The standard InChI is InChI=1S/C6H10N2O/c1-4(2)5-3-9-6(7)8-5/h3-4H,1-2H3,(H2,7,8). The van der Waals surface area contributed by atoms with Crippen molar-refractivity contribution in [1.29, 1.82) is 0 Å². The van der Waals surface area contributed by atoms with Gasteiger partial charge in [0.1, 0.15) is 6.26 Å². The van der Waals surface area contributed by atoms with Crippen LogP contribution in [0.5, 0.6) is 0 Å². The summed E-state index contributed by atoms with van der Waals surface area (Å²) in [6.07, 6.45) is 1.58. The second-order valence-corrected chi connectivity index (χ2v) is 2.27. The summed E-state index contributed by atoms with van der Waals surface area (Å²) in [6, 6.07) is 0.249. The van der Waals surface area contributed by atoms with Gasteiger partial charge in [-0.1, -0.05) is 13.8 Å². The van der Waals surface area contributed by atoms with E-state index in [9.17, 15) is 0 Å². The van der Waals surface area contributed by atoms with Crippen LogP contribution in [0.4, 0.5) is 6.01 Å². The van der Waals surface area contributed by atoms with Crippen LogP contribution in [0.3, 0.4) is 0 Å². The van der Waals surface area contributed by atoms with Crippen LogP contribution in [-0.4, -0.2) is 4.98 Å². The number of oxazole rings is 1. The van der Waals surface area contributed by atoms with Crippen molar-refractivity contribution in [3.05, 3.63) is 12.0 Å². The van der Waals surface area contributed by atoms with Crippen molar-refractivity contribution in [2.24, 2.45) is 0 Å². The van der Waals surface area contributed by atoms with Crippen molar-refractivity contribution >= 4 is 6.01 Å². The molecule has 3 heteroatoms. The molecule has 0 radical (unpaired) electrons. The first-order valence-corrected chi connectivity index (χ1v) is 2.91. The van der Waals surface area contributed by atoms with Crippen LogP contribution in [0.15, 0.2) is 10.7 Å². The summed E-state index contributed by atoms with van der Waals surface area (Å²) in [5, 5.41) is 0. The Kier molecular flexibility index (Phi) is 1.42. The largest absolute Gasteiger partial charge is 0.432 e. The summed E-state index contributed by atoms with van der Waals surface area (Å²) in [5.41, 5.74) is 6.15. The monoisotopic (exact) mass is 126 g/mol. The first-order chi connectivity index (χ1) is 4.20. The van der Waals surface area contributed by atoms with E-state index in [1.54, 1.807) is 6.26 Å². The molecule has 0 bridgehead atoms. The summed E-state index contributed by atoms with van der Waals surface area (Å²) >= 11 is 0. The Morgan fingerprint density at radius 3 is 2.56 bits per heavy atom. The zero-order chi connectivity index (χ0) is 6.85. The summed E-state index contributed by atoms with van der Waals surface area (Å²) in [7, 11) is 0. The highest BCUT2D eigenvalue weighted by atomic mass is 16.4. The average molecular weight is 126 g/mol. The van der Waals surface area contributed by atoms with Crippen molar-refractivity contribution in [2.45, 2.75) is 19.8 Å². The molecule has 1 rings (SSSR count). The Balaban J connectivity index is 2.85. The SMILES string of the molecule is CC(C)c1coc(N)n1. The van der Waals surface area contributed by atoms with Gasteiger partial charge >= 0.3 is 0 Å². The smallest absolute Gasteiger partial charge is 0.292 e. The van der Waals surface area contributed by atoms with Crippen LogP contribution >= 0.6 is 0 Å². The van der Waals surface area contributed by atoms with Crippen LogP contribution in [-0.2, 0) is 0 Å². The predicted octanol–water partition coefficient (Wildman–Crippen LogP) is 1.38. The van der Waals surface area contributed by atoms with Crippen LogP contribution in [0.1, 0.15) is 25.5 Å². The van der Waals surface area contributed by atoms with E-state index in [0.29, 0.717) is 5.92 Å². The number of nitrogen functional groups attached to an aromatic ring is 1. The number of rotatable bonds is 1. The highest BCUT2D eigenvalue weighted by molar-refractivity contribution is 5.14. The second-order valence-electron chi connectivity index (χ2n) is 2.27. The van der Waals surface area contributed by atoms with E-state index in [1.165, 1.54) is 0 Å². The van der Waals surface area contributed by atoms with Crippen LogP contribution < -0.4 is 5.73 Å². The minimum atomic E-state index is 0.249. The number of hydrogen-bond acceptors (Lipinski definition) is 3. The van der Waals surface area contributed by atoms with Crippen molar-refractivity contribution < 1.29 is 4.42 Å². The van der Waals surface area contributed by atoms with E-state index in [0.717, 1.165) is 5.69 Å². The van der Waals surface area contributed by atoms with Crippen LogP contribution in [0.2, 0.25) is 0 Å². The Bertz CT molecular complexity index is 193. The molecule has 0 aliphatic rings. The van der Waals surface area contributed by atoms with Gasteiger partial charge in [-0.25, -0.2) is 0 Å². The van der Waals surface area contributed by atoms with E-state index < -0.39 is 0 Å². The predicted molar refractivity (Wildman–Crippen MR) is 35.0 cm³/mol. The van der Waals surface area contributed by atoms with E-state index in [4.69, 9.17) is 10.2 Å². The Hall–Kier alpha value is -0.990. The van der Waals surface area contributed by atoms with Crippen molar-refractivity contribution in [3.63, 3.8) is 0 Å². The van der Waals surface area contributed by atoms with Gasteiger partial charge in [0.2, 0.25) is 0 Å². The first-order valence-electron chi connectivity index (χ1n) is 2.91. The molecule has 0 aromatic carbocycles. The first kappa shape index (κ1) is 6.13. The molecule has 2 N–H and O–H groups in total. The Morgan fingerprint density at radius 1 is 1.67 bits per heavy atom. The fraction of sp³-hybridized carbons (Fsp3) is 0.500. The molecule has 1 aromatic heterocycles. The van der Waals surface area contributed by atoms with E-state index in [1.807, 2.05) is 13.8 Å². The lowest BCUT2D eigenvalue weighted by atomic mass is 10.2. The van der Waals surface area contributed by atoms with E-state index in [2.05, 4.69) is 4.98 Å². The van der Waals surface area contributed by atoms with Gasteiger partial charge in [0.25, 0.3) is 6.01 Å². The van der Waals surface area contributed by atoms with Gasteiger partial charge < -0.3 is 10.2 Å². The maximum Gasteiger partial charge on any atom is 0.292 e. The van der Waals surface area contributed by atoms with E-state index in [-0.39, 0.29) is 6.01 Å². The number of nitrogens with two attached hydrogens (primary N) is 1. The van der Waals surface area contributed by atoms with Gasteiger partial charge in [-0.15, -0.1) is 0 Å². The highest BCUT2D eigenvalue weighted by Gasteiger charge is 2.02. The maximum absolute atomic E-state index is 5.24. The summed E-state index contributed by atoms with van der Waals surface area (Å²) in [6.45, 7) is 4.08. The second kappa shape index (κ2) is 2.09. The molecule has 0 spiro atoms. The molecule has 0 amide bonds. The molecule has 3 nitrogen and oxygen atoms in total. The number of nitrogens with zero attached hydrogens (tertiary/aromatic N) is 1. The quantitative estimate of drug-likeness (QED) is 0.618. The molecular weight excluding hydrogens is 116 g/mol. The lowest BCUT2D eigenvalue weighted by Gasteiger charge is -1.93. The molecule has 9 heavy (non-hydrogen) atoms. The number of aromatic nitrogens is 1. The molecule has 1 aromatic rings. The molecule has 50 valence electrons. The minimum Gasteiger partial charge on any atom is -0.432 e. The van der Waals surface area contributed by atoms with Crippen LogP contribution in [0, 0.1) is 0 Å². The summed E-state index contributed by atoms with van der Waals surface area (Å²) in [5.74, 6) is 0.394. The number of anilines is 1. The maximum atomic E-state index is 5.24. The lowest BCUT2D eigenvalue weighted by Crippen LogP contribution is -1.88. The molecule has 0 atom stereocenters. The van der Waals surface area contributed by atoms with Gasteiger partial charge in [-0.2, -0.15) is 4.98 Å². The van der Waals surface area contributed by atoms with Crippen LogP contribution in [0.25, 0.3) is 0 Å². The molecule has 0 saturated heterocycles. The van der Waals surface area contributed by atoms with Gasteiger partial charge in [0.15, 0.2) is 0 Å². The van der Waals surface area contributed by atoms with Gasteiger partial charge in [0, 0.05) is 0 Å². The van der Waals surface area contributed by atoms with E-state index >= 15 is 0 Å². The van der Waals surface area contributed by atoms with Crippen molar-refractivity contribution in [3.8, 4) is 0 Å². The minimum absolute atomic E-state index is 0.249. The molecular formula is C6H10N2O. The van der Waals surface area contributed by atoms with Crippen molar-refractivity contribution in [1.82, 2.24) is 4.98 Å². The molecule has 0 unspecified atom stereocenters. The zero-order valence-electron chi connectivity index (χ0n) is 5.59. The van der Waals surface area contributed by atoms with Gasteiger partial charge in [-0.3, -0.25) is 0 Å². The summed E-state index contributed by atoms with van der Waals surface area (Å²) in [4.78, 5) is 3.92. The third-order valence-corrected chi connectivity index (χ3v) is 1.13. The third kappa shape index (κ3) is 1.22. The number of hydrogen-bond donors (Lipinski definition) is 1. The Morgan fingerprint density at radius 2 is 2.33 bits per heavy atom. The zero-order valence-corrected chi connectivity index (χ0v) is 5.59. The topological polar surface area (TPSA) is 52.0 Å². The van der Waals surface area contributed by atoms with Gasteiger partial charge in [0.05, 0.1) is 5.69 Å². The lowest BCUT2D eigenvalue weighted by molar-refractivity contribution is 0.577. The van der Waals surface area contributed by atoms with Crippen molar-refractivity contribution in [2.75, 3.05) is 5.73 Å². The molecule has 0 aliphatic carbocycles. The molecule has 0 aliphatic heterocycles. The normalized spacial score (nSPS) is 10.6. The molecule has 1 heterocycles. The summed E-state index contributed by atoms with van der Waals surface area (Å²) < 4.78 is 4.79. The fourth-order valence-corrected chi connectivity index (χ4v) is 0.566. The molecule has 0 fully saturated rings. The molecule has 0 saturated carbocycles. The highest BCUT2D eigenvalue weighted by Crippen LogP contribution is 2.13. The van der Waals surface area contributed by atoms with Gasteiger partial charge in [-0.05, 0) is 5.92 Å². The third-order valence-electron chi connectivity index (χ3n) is 1.13.